The first kappa shape index (κ1) is 19.0. The predicted octanol–water partition coefficient (Wildman–Crippen LogP) is 4.28. The van der Waals surface area contributed by atoms with Crippen LogP contribution >= 0.6 is 0 Å². The van der Waals surface area contributed by atoms with E-state index in [-0.39, 0.29) is 23.3 Å². The topological polar surface area (TPSA) is 75.6 Å². The lowest BCUT2D eigenvalue weighted by atomic mass is 9.87. The highest BCUT2D eigenvalue weighted by Gasteiger charge is 2.26. The van der Waals surface area contributed by atoms with E-state index in [1.165, 1.54) is 11.6 Å². The van der Waals surface area contributed by atoms with Crippen molar-refractivity contribution in [1.29, 1.82) is 0 Å². The molecule has 0 spiro atoms. The molecule has 0 aromatic heterocycles. The Kier molecular flexibility index (Phi) is 5.21. The zero-order valence-corrected chi connectivity index (χ0v) is 16.2. The largest absolute Gasteiger partial charge is 0.506 e. The molecule has 148 valence electrons. The molecule has 1 amide bonds. The van der Waals surface area contributed by atoms with E-state index in [2.05, 4.69) is 11.4 Å². The van der Waals surface area contributed by atoms with Gasteiger partial charge in [-0.25, -0.2) is 4.79 Å². The Morgan fingerprint density at radius 3 is 2.69 bits per heavy atom. The predicted molar refractivity (Wildman–Crippen MR) is 111 cm³/mol. The van der Waals surface area contributed by atoms with E-state index in [0.29, 0.717) is 5.39 Å². The van der Waals surface area contributed by atoms with Gasteiger partial charge in [0.05, 0.1) is 6.04 Å². The lowest BCUT2D eigenvalue weighted by molar-refractivity contribution is -0.130. The third kappa shape index (κ3) is 3.81. The van der Waals surface area contributed by atoms with Crippen LogP contribution < -0.4 is 5.32 Å². The second-order valence-electron chi connectivity index (χ2n) is 7.38. The molecule has 29 heavy (non-hydrogen) atoms. The van der Waals surface area contributed by atoms with Gasteiger partial charge < -0.3 is 15.2 Å². The Morgan fingerprint density at radius 2 is 1.83 bits per heavy atom. The highest BCUT2D eigenvalue weighted by molar-refractivity contribution is 6.01. The third-order valence-corrected chi connectivity index (χ3v) is 5.46. The van der Waals surface area contributed by atoms with Crippen molar-refractivity contribution in [1.82, 2.24) is 5.32 Å². The van der Waals surface area contributed by atoms with Crippen molar-refractivity contribution in [2.75, 3.05) is 0 Å². The number of nitrogens with one attached hydrogen (secondary N) is 1. The van der Waals surface area contributed by atoms with E-state index in [1.54, 1.807) is 25.1 Å². The maximum atomic E-state index is 12.6. The van der Waals surface area contributed by atoms with E-state index < -0.39 is 12.1 Å². The number of rotatable bonds is 4. The number of aromatic hydroxyl groups is 1. The van der Waals surface area contributed by atoms with Crippen molar-refractivity contribution in [3.05, 3.63) is 77.4 Å². The first-order valence-electron chi connectivity index (χ1n) is 9.84. The molecule has 1 aliphatic carbocycles. The van der Waals surface area contributed by atoms with Gasteiger partial charge in [0.1, 0.15) is 11.3 Å². The molecule has 0 unspecified atom stereocenters. The summed E-state index contributed by atoms with van der Waals surface area (Å²) >= 11 is 0. The van der Waals surface area contributed by atoms with Crippen LogP contribution in [0, 0.1) is 0 Å². The van der Waals surface area contributed by atoms with Gasteiger partial charge in [-0.05, 0) is 48.8 Å². The second kappa shape index (κ2) is 7.95. The average molecular weight is 389 g/mol. The van der Waals surface area contributed by atoms with Gasteiger partial charge in [-0.3, -0.25) is 4.79 Å². The van der Waals surface area contributed by atoms with Crippen molar-refractivity contribution in [3.8, 4) is 5.75 Å². The van der Waals surface area contributed by atoms with Crippen molar-refractivity contribution in [2.24, 2.45) is 0 Å². The molecule has 2 atom stereocenters. The summed E-state index contributed by atoms with van der Waals surface area (Å²) < 4.78 is 5.35. The van der Waals surface area contributed by atoms with E-state index in [9.17, 15) is 14.7 Å². The van der Waals surface area contributed by atoms with Gasteiger partial charge in [0, 0.05) is 5.39 Å². The number of esters is 1. The number of carbonyl (C=O) groups is 2. The van der Waals surface area contributed by atoms with Crippen LogP contribution in [0.3, 0.4) is 0 Å². The quantitative estimate of drug-likeness (QED) is 0.653. The van der Waals surface area contributed by atoms with Crippen LogP contribution in [0.5, 0.6) is 5.75 Å². The van der Waals surface area contributed by atoms with E-state index >= 15 is 0 Å². The van der Waals surface area contributed by atoms with Crippen LogP contribution in [0.1, 0.15) is 47.3 Å². The molecule has 0 saturated heterocycles. The summed E-state index contributed by atoms with van der Waals surface area (Å²) in [5.74, 6) is -1.21. The minimum absolute atomic E-state index is 0.0476. The number of phenolic OH excluding ortho intramolecular Hbond substituents is 1. The van der Waals surface area contributed by atoms with Crippen LogP contribution in [0.4, 0.5) is 0 Å². The maximum absolute atomic E-state index is 12.6. The Labute approximate surface area is 169 Å². The van der Waals surface area contributed by atoms with Gasteiger partial charge in [0.2, 0.25) is 0 Å². The molecule has 0 fully saturated rings. The fraction of sp³-hybridized carbons (Fsp3) is 0.250. The number of aryl methyl sites for hydroxylation is 1. The van der Waals surface area contributed by atoms with Gasteiger partial charge in [-0.1, -0.05) is 54.6 Å². The number of benzene rings is 3. The fourth-order valence-electron chi connectivity index (χ4n) is 3.89. The van der Waals surface area contributed by atoms with Gasteiger partial charge in [-0.15, -0.1) is 0 Å². The normalized spacial score (nSPS) is 16.7. The maximum Gasteiger partial charge on any atom is 0.342 e. The molecule has 0 radical (unpaired) electrons. The number of ether oxygens (including phenoxy) is 1. The van der Waals surface area contributed by atoms with Gasteiger partial charge >= 0.3 is 5.97 Å². The van der Waals surface area contributed by atoms with Crippen LogP contribution in [-0.4, -0.2) is 23.1 Å². The molecule has 0 saturated carbocycles. The molecule has 5 heteroatoms. The molecule has 3 aromatic rings. The van der Waals surface area contributed by atoms with Gasteiger partial charge in [-0.2, -0.15) is 0 Å². The van der Waals surface area contributed by atoms with E-state index in [1.807, 2.05) is 30.3 Å². The van der Waals surface area contributed by atoms with Crippen LogP contribution in [0.2, 0.25) is 0 Å². The van der Waals surface area contributed by atoms with Crippen LogP contribution in [-0.2, 0) is 16.0 Å². The number of fused-ring (bicyclic) bond motifs is 2. The van der Waals surface area contributed by atoms with Crippen LogP contribution in [0.15, 0.2) is 60.7 Å². The minimum Gasteiger partial charge on any atom is -0.506 e. The molecule has 2 N–H and O–H groups in total. The number of carbonyl (C=O) groups excluding carboxylic acids is 2. The Balaban J connectivity index is 1.46. The van der Waals surface area contributed by atoms with Crippen LogP contribution in [0.25, 0.3) is 10.8 Å². The van der Waals surface area contributed by atoms with Crippen molar-refractivity contribution >= 4 is 22.6 Å². The number of hydrogen-bond donors (Lipinski definition) is 2. The summed E-state index contributed by atoms with van der Waals surface area (Å²) in [4.78, 5) is 25.2. The van der Waals surface area contributed by atoms with Gasteiger partial charge in [0.25, 0.3) is 5.91 Å². The van der Waals surface area contributed by atoms with E-state index in [0.717, 1.165) is 30.2 Å². The number of hydrogen-bond acceptors (Lipinski definition) is 4. The zero-order valence-electron chi connectivity index (χ0n) is 16.2. The minimum atomic E-state index is -0.970. The average Bonchev–Trinajstić information content (AvgIpc) is 2.74. The molecule has 5 nitrogen and oxygen atoms in total. The third-order valence-electron chi connectivity index (χ3n) is 5.46. The monoisotopic (exact) mass is 389 g/mol. The summed E-state index contributed by atoms with van der Waals surface area (Å²) in [6.07, 6.45) is 1.90. The zero-order chi connectivity index (χ0) is 20.4. The summed E-state index contributed by atoms with van der Waals surface area (Å²) in [5.41, 5.74) is 2.42. The second-order valence-corrected chi connectivity index (χ2v) is 7.38. The highest BCUT2D eigenvalue weighted by atomic mass is 16.5. The Bertz CT molecular complexity index is 1080. The molecule has 0 heterocycles. The Hall–Kier alpha value is -3.34. The molecule has 0 aliphatic heterocycles. The first-order chi connectivity index (χ1) is 14.0. The number of phenols is 1. The van der Waals surface area contributed by atoms with Crippen molar-refractivity contribution < 1.29 is 19.4 Å². The highest BCUT2D eigenvalue weighted by Crippen LogP contribution is 2.31. The molecular weight excluding hydrogens is 366 g/mol. The molecule has 1 aliphatic rings. The molecular formula is C24H23NO4. The molecule has 4 rings (SSSR count). The lowest BCUT2D eigenvalue weighted by Crippen LogP contribution is -2.39. The standard InChI is InChI=1S/C24H23NO4/c1-15(23(27)25-21-12-6-9-16-7-2-4-10-18(16)21)29-24(28)20-14-13-17-8-3-5-11-19(17)22(20)26/h2-5,7-8,10-11,13-15,21,26H,6,9,12H2,1H3,(H,25,27)/t15-,21-/m0/s1. The SMILES string of the molecule is C[C@H](OC(=O)c1ccc2ccccc2c1O)C(=O)N[C@H]1CCCc2ccccc21. The summed E-state index contributed by atoms with van der Waals surface area (Å²) in [6, 6.07) is 18.5. The summed E-state index contributed by atoms with van der Waals surface area (Å²) in [7, 11) is 0. The first-order valence-corrected chi connectivity index (χ1v) is 9.84. The lowest BCUT2D eigenvalue weighted by Gasteiger charge is -2.27. The van der Waals surface area contributed by atoms with E-state index in [4.69, 9.17) is 4.74 Å². The number of amides is 1. The summed E-state index contributed by atoms with van der Waals surface area (Å²) in [6.45, 7) is 1.54. The fourth-order valence-corrected chi connectivity index (χ4v) is 3.89. The van der Waals surface area contributed by atoms with Crippen molar-refractivity contribution in [2.45, 2.75) is 38.3 Å². The van der Waals surface area contributed by atoms with Gasteiger partial charge in [0.15, 0.2) is 6.10 Å². The molecule has 0 bridgehead atoms. The summed E-state index contributed by atoms with van der Waals surface area (Å²) in [5, 5.41) is 14.8. The molecule has 3 aromatic carbocycles. The smallest absolute Gasteiger partial charge is 0.342 e. The Morgan fingerprint density at radius 1 is 1.07 bits per heavy atom. The van der Waals surface area contributed by atoms with Crippen molar-refractivity contribution in [3.63, 3.8) is 0 Å².